The van der Waals surface area contributed by atoms with Gasteiger partial charge in [-0.3, -0.25) is 4.79 Å². The number of carboxylic acids is 1. The van der Waals surface area contributed by atoms with Gasteiger partial charge in [-0.1, -0.05) is 38.1 Å². The van der Waals surface area contributed by atoms with Gasteiger partial charge in [-0.25, -0.2) is 0 Å². The van der Waals surface area contributed by atoms with Gasteiger partial charge in [-0.2, -0.15) is 0 Å². The van der Waals surface area contributed by atoms with E-state index >= 15 is 0 Å². The van der Waals surface area contributed by atoms with Gasteiger partial charge in [0.1, 0.15) is 0 Å². The number of aliphatic hydroxyl groups is 1. The zero-order chi connectivity index (χ0) is 19.9. The third kappa shape index (κ3) is 7.54. The van der Waals surface area contributed by atoms with E-state index in [-0.39, 0.29) is 70.3 Å². The summed E-state index contributed by atoms with van der Waals surface area (Å²) in [6.07, 6.45) is 4.14. The molecule has 6 heteroatoms. The molecule has 1 aliphatic heterocycles. The third-order valence-electron chi connectivity index (χ3n) is 5.62. The SMILES string of the molecule is CC(C)Cc1ccc(CCCC(=O)N2CCC(CCO)(C(=O)[O-])CC2)cc1.[K+]. The van der Waals surface area contributed by atoms with Gasteiger partial charge in [0.2, 0.25) is 5.91 Å². The fraction of sp³-hybridized carbons (Fsp3) is 0.636. The molecule has 0 unspecified atom stereocenters. The zero-order valence-electron chi connectivity index (χ0n) is 17.6. The number of rotatable bonds is 9. The molecule has 2 rings (SSSR count). The first-order valence-electron chi connectivity index (χ1n) is 10.0. The normalized spacial score (nSPS) is 15.9. The maximum absolute atomic E-state index is 12.4. The summed E-state index contributed by atoms with van der Waals surface area (Å²) < 4.78 is 0. The van der Waals surface area contributed by atoms with Crippen LogP contribution < -0.4 is 56.5 Å². The molecule has 0 aliphatic carbocycles. The standard InChI is InChI=1S/C22H33NO4.K/c1-17(2)16-19-8-6-18(7-9-19)4-3-5-20(25)23-13-10-22(11-14-23,12-15-24)21(26)27;/h6-9,17,24H,3-5,10-16H2,1-2H3,(H,26,27);/q;+1/p-1. The third-order valence-corrected chi connectivity index (χ3v) is 5.62. The fourth-order valence-corrected chi connectivity index (χ4v) is 3.87. The molecule has 1 saturated heterocycles. The van der Waals surface area contributed by atoms with Crippen LogP contribution in [0.25, 0.3) is 0 Å². The van der Waals surface area contributed by atoms with E-state index in [1.165, 1.54) is 11.1 Å². The number of carbonyl (C=O) groups excluding carboxylic acids is 2. The van der Waals surface area contributed by atoms with Crippen molar-refractivity contribution in [2.75, 3.05) is 19.7 Å². The number of nitrogens with zero attached hydrogens (tertiary/aromatic N) is 1. The number of amides is 1. The van der Waals surface area contributed by atoms with Crippen LogP contribution in [0, 0.1) is 11.3 Å². The molecule has 1 heterocycles. The number of hydrogen-bond acceptors (Lipinski definition) is 4. The van der Waals surface area contributed by atoms with Crippen LogP contribution in [0.15, 0.2) is 24.3 Å². The summed E-state index contributed by atoms with van der Waals surface area (Å²) in [7, 11) is 0. The minimum absolute atomic E-state index is 0. The molecule has 1 aliphatic rings. The Hall–Kier alpha value is -0.244. The predicted molar refractivity (Wildman–Crippen MR) is 103 cm³/mol. The van der Waals surface area contributed by atoms with Gasteiger partial charge in [-0.15, -0.1) is 0 Å². The van der Waals surface area contributed by atoms with E-state index in [1.807, 2.05) is 0 Å². The minimum Gasteiger partial charge on any atom is -0.550 e. The molecule has 1 fully saturated rings. The molecule has 1 amide bonds. The Morgan fingerprint density at radius 3 is 2.21 bits per heavy atom. The summed E-state index contributed by atoms with van der Waals surface area (Å²) in [6.45, 7) is 5.10. The molecule has 1 N–H and O–H groups in total. The Kier molecular flexibility index (Phi) is 11.5. The van der Waals surface area contributed by atoms with Crippen molar-refractivity contribution in [3.8, 4) is 0 Å². The van der Waals surface area contributed by atoms with E-state index in [0.717, 1.165) is 19.3 Å². The van der Waals surface area contributed by atoms with Gasteiger partial charge >= 0.3 is 51.4 Å². The van der Waals surface area contributed by atoms with Crippen molar-refractivity contribution in [2.45, 2.75) is 58.8 Å². The molecule has 0 saturated carbocycles. The minimum atomic E-state index is -1.11. The largest absolute Gasteiger partial charge is 1.00 e. The molecule has 0 aromatic heterocycles. The molecule has 0 atom stereocenters. The van der Waals surface area contributed by atoms with E-state index in [0.29, 0.717) is 38.3 Å². The molecule has 28 heavy (non-hydrogen) atoms. The Morgan fingerprint density at radius 2 is 1.71 bits per heavy atom. The van der Waals surface area contributed by atoms with Crippen LogP contribution in [-0.4, -0.2) is 41.6 Å². The van der Waals surface area contributed by atoms with Crippen molar-refractivity contribution >= 4 is 11.9 Å². The first-order chi connectivity index (χ1) is 12.9. The van der Waals surface area contributed by atoms with Gasteiger partial charge in [0.25, 0.3) is 0 Å². The number of piperidine rings is 1. The number of aliphatic hydroxyl groups excluding tert-OH is 1. The summed E-state index contributed by atoms with van der Waals surface area (Å²) in [5, 5.41) is 20.5. The van der Waals surface area contributed by atoms with Crippen LogP contribution in [0.5, 0.6) is 0 Å². The number of hydrogen-bond donors (Lipinski definition) is 1. The Morgan fingerprint density at radius 1 is 1.14 bits per heavy atom. The van der Waals surface area contributed by atoms with Gasteiger partial charge in [-0.05, 0) is 55.6 Å². The van der Waals surface area contributed by atoms with Crippen molar-refractivity contribution in [3.63, 3.8) is 0 Å². The van der Waals surface area contributed by atoms with Crippen LogP contribution in [0.1, 0.15) is 57.1 Å². The maximum Gasteiger partial charge on any atom is 1.00 e. The van der Waals surface area contributed by atoms with Gasteiger partial charge in [0.05, 0.1) is 0 Å². The summed E-state index contributed by atoms with van der Waals surface area (Å²) in [5.41, 5.74) is 1.61. The zero-order valence-corrected chi connectivity index (χ0v) is 20.7. The average molecular weight is 414 g/mol. The fourth-order valence-electron chi connectivity index (χ4n) is 3.87. The van der Waals surface area contributed by atoms with E-state index in [1.54, 1.807) is 4.90 Å². The predicted octanol–water partition coefficient (Wildman–Crippen LogP) is -1.05. The molecule has 0 spiro atoms. The molecule has 1 aromatic rings. The van der Waals surface area contributed by atoms with E-state index in [2.05, 4.69) is 38.1 Å². The van der Waals surface area contributed by atoms with Gasteiger partial charge in [0, 0.05) is 37.5 Å². The second-order valence-corrected chi connectivity index (χ2v) is 8.19. The quantitative estimate of drug-likeness (QED) is 0.524. The Balaban J connectivity index is 0.00000392. The first-order valence-corrected chi connectivity index (χ1v) is 10.0. The monoisotopic (exact) mass is 413 g/mol. The number of aryl methyl sites for hydroxylation is 1. The van der Waals surface area contributed by atoms with E-state index < -0.39 is 11.4 Å². The van der Waals surface area contributed by atoms with Crippen molar-refractivity contribution in [1.82, 2.24) is 4.90 Å². The van der Waals surface area contributed by atoms with Crippen LogP contribution >= 0.6 is 0 Å². The molecule has 0 bridgehead atoms. The van der Waals surface area contributed by atoms with Gasteiger partial charge < -0.3 is 19.9 Å². The molecule has 0 radical (unpaired) electrons. The van der Waals surface area contributed by atoms with Crippen molar-refractivity contribution in [2.24, 2.45) is 11.3 Å². The maximum atomic E-state index is 12.4. The molecular formula is C22H32KNO4. The first kappa shape index (κ1) is 25.8. The molecular weight excluding hydrogens is 381 g/mol. The number of carbonyl (C=O) groups is 2. The van der Waals surface area contributed by atoms with Crippen LogP contribution in [0.3, 0.4) is 0 Å². The number of benzene rings is 1. The van der Waals surface area contributed by atoms with Crippen molar-refractivity contribution < 1.29 is 71.2 Å². The summed E-state index contributed by atoms with van der Waals surface area (Å²) >= 11 is 0. The number of carboxylic acid groups (broad SMARTS) is 1. The summed E-state index contributed by atoms with van der Waals surface area (Å²) in [4.78, 5) is 25.6. The van der Waals surface area contributed by atoms with Crippen LogP contribution in [0.2, 0.25) is 0 Å². The Bertz CT molecular complexity index is 622. The van der Waals surface area contributed by atoms with Gasteiger partial charge in [0.15, 0.2) is 0 Å². The van der Waals surface area contributed by atoms with E-state index in [9.17, 15) is 14.7 Å². The second-order valence-electron chi connectivity index (χ2n) is 8.19. The smallest absolute Gasteiger partial charge is 0.550 e. The molecule has 1 aromatic carbocycles. The molecule has 5 nitrogen and oxygen atoms in total. The second kappa shape index (κ2) is 12.5. The topological polar surface area (TPSA) is 80.7 Å². The average Bonchev–Trinajstić information content (AvgIpc) is 2.63. The molecule has 150 valence electrons. The Labute approximate surface area is 211 Å². The van der Waals surface area contributed by atoms with Crippen LogP contribution in [-0.2, 0) is 22.4 Å². The van der Waals surface area contributed by atoms with Crippen molar-refractivity contribution in [1.29, 1.82) is 0 Å². The van der Waals surface area contributed by atoms with Crippen LogP contribution in [0.4, 0.5) is 0 Å². The number of aliphatic carboxylic acids is 1. The van der Waals surface area contributed by atoms with Crippen molar-refractivity contribution in [3.05, 3.63) is 35.4 Å². The summed E-state index contributed by atoms with van der Waals surface area (Å²) in [6, 6.07) is 8.63. The summed E-state index contributed by atoms with van der Waals surface area (Å²) in [5.74, 6) is -0.377. The van der Waals surface area contributed by atoms with E-state index in [4.69, 9.17) is 5.11 Å². The number of likely N-dealkylation sites (tertiary alicyclic amines) is 1.